The van der Waals surface area contributed by atoms with E-state index in [1.54, 1.807) is 0 Å². The van der Waals surface area contributed by atoms with Crippen LogP contribution in [0.25, 0.3) is 0 Å². The highest BCUT2D eigenvalue weighted by Crippen LogP contribution is 2.70. The second kappa shape index (κ2) is 17.3. The number of allylic oxidation sites excluding steroid dienone is 1. The lowest BCUT2D eigenvalue weighted by atomic mass is 9.47. The maximum Gasteiger partial charge on any atom is 0.187 e. The number of aliphatic hydroxyl groups is 9. The maximum absolute atomic E-state index is 11.6. The molecule has 0 aromatic carbocycles. The van der Waals surface area contributed by atoms with Gasteiger partial charge in [0.15, 0.2) is 24.7 Å². The number of aliphatic hydroxyl groups excluding tert-OH is 9. The Balaban J connectivity index is 0.940. The van der Waals surface area contributed by atoms with Crippen molar-refractivity contribution in [2.75, 3.05) is 19.8 Å². The summed E-state index contributed by atoms with van der Waals surface area (Å²) in [5.41, 5.74) is 1.45. The first-order chi connectivity index (χ1) is 29.4. The fourth-order valence-electron chi connectivity index (χ4n) is 14.0. The van der Waals surface area contributed by atoms with Gasteiger partial charge in [-0.2, -0.15) is 0 Å². The third-order valence-corrected chi connectivity index (χ3v) is 17.7. The van der Waals surface area contributed by atoms with Gasteiger partial charge >= 0.3 is 0 Å². The van der Waals surface area contributed by atoms with E-state index in [9.17, 15) is 46.0 Å². The third-order valence-electron chi connectivity index (χ3n) is 17.7. The van der Waals surface area contributed by atoms with Gasteiger partial charge in [-0.1, -0.05) is 39.3 Å². The summed E-state index contributed by atoms with van der Waals surface area (Å²) < 4.78 is 50.3. The molecule has 62 heavy (non-hydrogen) atoms. The van der Waals surface area contributed by atoms with E-state index in [1.165, 1.54) is 12.5 Å². The fraction of sp³-hybridized carbons (Fsp3) is 0.956. The molecular formula is C45H72O17. The summed E-state index contributed by atoms with van der Waals surface area (Å²) in [7, 11) is 0. The van der Waals surface area contributed by atoms with Gasteiger partial charge in [-0.3, -0.25) is 0 Å². The largest absolute Gasteiger partial charge is 0.394 e. The van der Waals surface area contributed by atoms with Gasteiger partial charge in [0.25, 0.3) is 0 Å². The van der Waals surface area contributed by atoms with E-state index >= 15 is 0 Å². The van der Waals surface area contributed by atoms with Gasteiger partial charge in [0.2, 0.25) is 0 Å². The molecule has 5 aliphatic heterocycles. The van der Waals surface area contributed by atoms with Gasteiger partial charge in [-0.15, -0.1) is 0 Å². The van der Waals surface area contributed by atoms with Gasteiger partial charge in [0.05, 0.1) is 38.1 Å². The highest BCUT2D eigenvalue weighted by molar-refractivity contribution is 5.26. The Morgan fingerprint density at radius 3 is 2.03 bits per heavy atom. The Morgan fingerprint density at radius 2 is 1.34 bits per heavy atom. The van der Waals surface area contributed by atoms with Crippen molar-refractivity contribution >= 4 is 0 Å². The molecule has 8 fully saturated rings. The molecule has 9 aliphatic rings. The zero-order valence-electron chi connectivity index (χ0n) is 36.6. The summed E-state index contributed by atoms with van der Waals surface area (Å²) in [4.78, 5) is 0. The Morgan fingerprint density at radius 1 is 0.677 bits per heavy atom. The summed E-state index contributed by atoms with van der Waals surface area (Å²) in [6, 6.07) is 0. The van der Waals surface area contributed by atoms with Gasteiger partial charge in [0, 0.05) is 12.3 Å². The van der Waals surface area contributed by atoms with Gasteiger partial charge in [0.1, 0.15) is 67.1 Å². The highest BCUT2D eigenvalue weighted by Gasteiger charge is 2.69. The van der Waals surface area contributed by atoms with Crippen LogP contribution in [0, 0.1) is 46.3 Å². The second-order valence-electron chi connectivity index (χ2n) is 21.1. The average molecular weight is 885 g/mol. The van der Waals surface area contributed by atoms with E-state index < -0.39 is 117 Å². The third kappa shape index (κ3) is 7.49. The van der Waals surface area contributed by atoms with Crippen LogP contribution in [-0.4, -0.2) is 176 Å². The molecule has 26 atom stereocenters. The minimum absolute atomic E-state index is 0.0484. The predicted molar refractivity (Wildman–Crippen MR) is 214 cm³/mol. The average Bonchev–Trinajstić information content (AvgIpc) is 3.70. The van der Waals surface area contributed by atoms with E-state index in [4.69, 9.17) is 37.9 Å². The van der Waals surface area contributed by atoms with Crippen LogP contribution in [0.4, 0.5) is 0 Å². The molecular weight excluding hydrogens is 812 g/mol. The van der Waals surface area contributed by atoms with Crippen LogP contribution < -0.4 is 0 Å². The first kappa shape index (κ1) is 46.2. The molecule has 0 bridgehead atoms. The molecule has 17 nitrogen and oxygen atoms in total. The Kier molecular flexibility index (Phi) is 12.9. The number of ether oxygens (including phenoxy) is 8. The lowest BCUT2D eigenvalue weighted by Crippen LogP contribution is -2.67. The van der Waals surface area contributed by atoms with Crippen LogP contribution in [0.2, 0.25) is 0 Å². The number of hydrogen-bond donors (Lipinski definition) is 9. The lowest BCUT2D eigenvalue weighted by Gasteiger charge is -2.59. The van der Waals surface area contributed by atoms with Crippen molar-refractivity contribution in [3.05, 3.63) is 11.6 Å². The molecule has 1 spiro atoms. The molecule has 354 valence electrons. The van der Waals surface area contributed by atoms with Crippen molar-refractivity contribution in [3.63, 3.8) is 0 Å². The Hall–Kier alpha value is -0.940. The quantitative estimate of drug-likeness (QED) is 0.148. The van der Waals surface area contributed by atoms with Gasteiger partial charge in [-0.05, 0) is 98.7 Å². The smallest absolute Gasteiger partial charge is 0.187 e. The van der Waals surface area contributed by atoms with E-state index in [0.29, 0.717) is 48.3 Å². The molecule has 5 saturated heterocycles. The zero-order valence-corrected chi connectivity index (χ0v) is 36.6. The topological polar surface area (TPSA) is 256 Å². The summed E-state index contributed by atoms with van der Waals surface area (Å²) in [5, 5.41) is 95.8. The van der Waals surface area contributed by atoms with Gasteiger partial charge in [-0.25, -0.2) is 0 Å². The molecule has 9 rings (SSSR count). The molecule has 0 aromatic heterocycles. The highest BCUT2D eigenvalue weighted by atomic mass is 16.8. The molecule has 5 heterocycles. The van der Waals surface area contributed by atoms with Crippen molar-refractivity contribution in [2.24, 2.45) is 46.3 Å². The molecule has 0 aromatic rings. The first-order valence-corrected chi connectivity index (χ1v) is 23.4. The van der Waals surface area contributed by atoms with E-state index in [2.05, 4.69) is 33.8 Å². The van der Waals surface area contributed by atoms with E-state index in [1.807, 2.05) is 0 Å². The second-order valence-corrected chi connectivity index (χ2v) is 21.1. The van der Waals surface area contributed by atoms with Crippen molar-refractivity contribution in [1.82, 2.24) is 0 Å². The van der Waals surface area contributed by atoms with E-state index in [0.717, 1.165) is 51.6 Å². The summed E-state index contributed by atoms with van der Waals surface area (Å²) in [6.45, 7) is 10.4. The standard InChI is InChI=1S/C45H72O17/c1-19-8-13-45(55-18-19)20(2)30-27(62-45)15-26-24-7-6-22-14-23(9-11-43(22,4)25(24)10-12-44(26,30)5)57-42-39(61-40-36(53)34(51)31(48)21(3)56-40)38(33(50)29(17-47)59-42)60-41-37(54)35(52)32(49)28(16-46)58-41/h6,19-21,23-42,46-54H,7-18H2,1-5H3/t19-,20+,21+,23+,24-,25+,26+,27+,28-,29-,30+,31+,32-,33+,34-,35+,36-,37-,38+,39-,40+,41+,42-,43+,44+,45-/m1/s1. The SMILES string of the molecule is C[C@@H]1CC[C@@]2(OC1)O[C@H]1C[C@H]3[C@@H]4CC=C5C[C@@H](O[C@@H]6O[C@H](CO)[C@H](O)[C@H](O[C@@H]7O[C@H](CO)[C@@H](O)[C@H](O)[C@H]7O)[C@H]6O[C@@H]6O[C@@H](C)[C@H](O)[C@@H](O)[C@H]6O)CC[C@]5(C)[C@H]4CC[C@]3(C)[C@H]1[C@@H]2C. The minimum atomic E-state index is -1.84. The summed E-state index contributed by atoms with van der Waals surface area (Å²) in [5.74, 6) is 2.52. The summed E-state index contributed by atoms with van der Waals surface area (Å²) in [6.07, 6.45) is -12.4. The zero-order chi connectivity index (χ0) is 44.2. The number of rotatable bonds is 8. The van der Waals surface area contributed by atoms with Gasteiger partial charge < -0.3 is 83.9 Å². The van der Waals surface area contributed by atoms with Crippen LogP contribution >= 0.6 is 0 Å². The molecule has 0 amide bonds. The monoisotopic (exact) mass is 884 g/mol. The Bertz CT molecular complexity index is 1610. The molecule has 17 heteroatoms. The van der Waals surface area contributed by atoms with Crippen LogP contribution in [0.15, 0.2) is 11.6 Å². The van der Waals surface area contributed by atoms with Crippen LogP contribution in [0.5, 0.6) is 0 Å². The van der Waals surface area contributed by atoms with Crippen LogP contribution in [0.3, 0.4) is 0 Å². The molecule has 4 aliphatic carbocycles. The maximum atomic E-state index is 11.6. The molecule has 9 N–H and O–H groups in total. The number of hydrogen-bond acceptors (Lipinski definition) is 17. The Labute approximate surface area is 363 Å². The minimum Gasteiger partial charge on any atom is -0.394 e. The predicted octanol–water partition coefficient (Wildman–Crippen LogP) is 0.214. The molecule has 0 unspecified atom stereocenters. The van der Waals surface area contributed by atoms with Crippen LogP contribution in [0.1, 0.15) is 92.4 Å². The van der Waals surface area contributed by atoms with E-state index in [-0.39, 0.29) is 16.9 Å². The van der Waals surface area contributed by atoms with Crippen molar-refractivity contribution in [3.8, 4) is 0 Å². The normalized spacial score (nSPS) is 57.6. The summed E-state index contributed by atoms with van der Waals surface area (Å²) >= 11 is 0. The number of fused-ring (bicyclic) bond motifs is 7. The fourth-order valence-corrected chi connectivity index (χ4v) is 14.0. The molecule has 3 saturated carbocycles. The first-order valence-electron chi connectivity index (χ1n) is 23.4. The van der Waals surface area contributed by atoms with Crippen molar-refractivity contribution < 1.29 is 83.9 Å². The van der Waals surface area contributed by atoms with Crippen molar-refractivity contribution in [1.29, 1.82) is 0 Å². The molecule has 0 radical (unpaired) electrons. The van der Waals surface area contributed by atoms with Crippen molar-refractivity contribution in [2.45, 2.75) is 203 Å². The lowest BCUT2D eigenvalue weighted by molar-refractivity contribution is -0.394. The van der Waals surface area contributed by atoms with Crippen LogP contribution in [-0.2, 0) is 37.9 Å².